The summed E-state index contributed by atoms with van der Waals surface area (Å²) in [5.74, 6) is 0.657. The zero-order valence-electron chi connectivity index (χ0n) is 14.3. The van der Waals surface area contributed by atoms with Gasteiger partial charge in [0, 0.05) is 17.0 Å². The summed E-state index contributed by atoms with van der Waals surface area (Å²) < 4.78 is 16.8. The molecule has 0 N–H and O–H groups in total. The Kier molecular flexibility index (Phi) is 3.88. The maximum Gasteiger partial charge on any atom is 0.231 e. The van der Waals surface area contributed by atoms with E-state index < -0.39 is 12.0 Å². The van der Waals surface area contributed by atoms with Gasteiger partial charge in [0.2, 0.25) is 6.79 Å². The van der Waals surface area contributed by atoms with Gasteiger partial charge in [-0.25, -0.2) is 0 Å². The predicted molar refractivity (Wildman–Crippen MR) is 92.5 cm³/mol. The Balaban J connectivity index is 1.94. The highest BCUT2D eigenvalue weighted by atomic mass is 16.7. The molecule has 1 atom stereocenters. The molecule has 132 valence electrons. The quantitative estimate of drug-likeness (QED) is 0.723. The lowest BCUT2D eigenvalue weighted by Gasteiger charge is -2.09. The number of hydrogen-bond acceptors (Lipinski definition) is 6. The molecular formula is C20H16NO5-. The maximum atomic E-state index is 11.1. The van der Waals surface area contributed by atoms with Crippen molar-refractivity contribution in [3.8, 4) is 22.8 Å². The van der Waals surface area contributed by atoms with E-state index in [9.17, 15) is 9.90 Å². The minimum absolute atomic E-state index is 0.191. The van der Waals surface area contributed by atoms with Crippen LogP contribution in [0.25, 0.3) is 22.3 Å². The number of carboxylic acid groups (broad SMARTS) is 1. The Morgan fingerprint density at radius 1 is 1.12 bits per heavy atom. The van der Waals surface area contributed by atoms with E-state index in [-0.39, 0.29) is 6.79 Å². The summed E-state index contributed by atoms with van der Waals surface area (Å²) in [6.45, 7) is 3.63. The number of aliphatic carboxylic acids is 1. The molecule has 3 aromatic rings. The van der Waals surface area contributed by atoms with Crippen molar-refractivity contribution in [1.29, 1.82) is 0 Å². The number of rotatable bonds is 3. The molecule has 0 spiro atoms. The molecule has 1 aliphatic heterocycles. The molecule has 2 heterocycles. The molecule has 4 rings (SSSR count). The second kappa shape index (κ2) is 6.22. The zero-order chi connectivity index (χ0) is 18.3. The van der Waals surface area contributed by atoms with E-state index in [2.05, 4.69) is 4.99 Å². The number of hydrogen-bond donors (Lipinski definition) is 0. The maximum absolute atomic E-state index is 11.1. The molecule has 26 heavy (non-hydrogen) atoms. The summed E-state index contributed by atoms with van der Waals surface area (Å²) in [4.78, 5) is 15.4. The monoisotopic (exact) mass is 350 g/mol. The normalized spacial score (nSPS) is 14.6. The lowest BCUT2D eigenvalue weighted by atomic mass is 10.1. The topological polar surface area (TPSA) is 84.1 Å². The highest BCUT2D eigenvalue weighted by Gasteiger charge is 2.15. The van der Waals surface area contributed by atoms with Gasteiger partial charge in [0.25, 0.3) is 0 Å². The third-order valence-corrected chi connectivity index (χ3v) is 4.23. The van der Waals surface area contributed by atoms with E-state index in [1.54, 1.807) is 6.07 Å². The molecule has 6 nitrogen and oxygen atoms in total. The van der Waals surface area contributed by atoms with Gasteiger partial charge in [-0.3, -0.25) is 4.99 Å². The SMILES string of the molecule is Cc1ccc2oc(-c3ccc4c(c3)OCO4)cc(=N[C@H](C)C(=O)[O-])c2c1. The third kappa shape index (κ3) is 2.90. The number of carboxylic acids is 1. The zero-order valence-corrected chi connectivity index (χ0v) is 14.3. The van der Waals surface area contributed by atoms with Crippen LogP contribution >= 0.6 is 0 Å². The smallest absolute Gasteiger partial charge is 0.231 e. The Bertz CT molecular complexity index is 1080. The number of fused-ring (bicyclic) bond motifs is 2. The molecule has 0 saturated carbocycles. The van der Waals surface area contributed by atoms with Crippen molar-refractivity contribution in [2.75, 3.05) is 6.79 Å². The first kappa shape index (κ1) is 16.2. The van der Waals surface area contributed by atoms with Gasteiger partial charge in [-0.1, -0.05) is 11.6 Å². The lowest BCUT2D eigenvalue weighted by molar-refractivity contribution is -0.306. The van der Waals surface area contributed by atoms with Gasteiger partial charge in [-0.2, -0.15) is 0 Å². The van der Waals surface area contributed by atoms with E-state index in [0.717, 1.165) is 16.5 Å². The molecule has 0 radical (unpaired) electrons. The van der Waals surface area contributed by atoms with Crippen molar-refractivity contribution >= 4 is 16.9 Å². The minimum Gasteiger partial charge on any atom is -0.548 e. The summed E-state index contributed by atoms with van der Waals surface area (Å²) in [5, 5.41) is 12.4. The predicted octanol–water partition coefficient (Wildman–Crippen LogP) is 2.18. The molecule has 1 aromatic heterocycles. The van der Waals surface area contributed by atoms with Crippen molar-refractivity contribution in [3.63, 3.8) is 0 Å². The van der Waals surface area contributed by atoms with Crippen LogP contribution in [0.1, 0.15) is 12.5 Å². The second-order valence-electron chi connectivity index (χ2n) is 6.19. The van der Waals surface area contributed by atoms with E-state index in [1.807, 2.05) is 43.3 Å². The van der Waals surface area contributed by atoms with Crippen LogP contribution in [0.4, 0.5) is 0 Å². The fraction of sp³-hybridized carbons (Fsp3) is 0.200. The first-order chi connectivity index (χ1) is 12.5. The van der Waals surface area contributed by atoms with Gasteiger partial charge in [0.05, 0.1) is 17.4 Å². The highest BCUT2D eigenvalue weighted by Crippen LogP contribution is 2.36. The summed E-state index contributed by atoms with van der Waals surface area (Å²) >= 11 is 0. The van der Waals surface area contributed by atoms with Gasteiger partial charge >= 0.3 is 0 Å². The number of aryl methyl sites for hydroxylation is 1. The van der Waals surface area contributed by atoms with Crippen LogP contribution in [0, 0.1) is 6.92 Å². The van der Waals surface area contributed by atoms with Crippen molar-refractivity contribution in [1.82, 2.24) is 0 Å². The first-order valence-corrected chi connectivity index (χ1v) is 8.20. The van der Waals surface area contributed by atoms with Gasteiger partial charge in [-0.15, -0.1) is 0 Å². The summed E-state index contributed by atoms with van der Waals surface area (Å²) in [7, 11) is 0. The van der Waals surface area contributed by atoms with E-state index in [0.29, 0.717) is 28.2 Å². The molecule has 6 heteroatoms. The fourth-order valence-electron chi connectivity index (χ4n) is 2.84. The van der Waals surface area contributed by atoms with E-state index >= 15 is 0 Å². The fourth-order valence-corrected chi connectivity index (χ4v) is 2.84. The molecule has 0 amide bonds. The molecule has 0 fully saturated rings. The van der Waals surface area contributed by atoms with Crippen LogP contribution in [0.2, 0.25) is 0 Å². The highest BCUT2D eigenvalue weighted by molar-refractivity contribution is 5.80. The number of ether oxygens (including phenoxy) is 2. The molecule has 0 saturated heterocycles. The lowest BCUT2D eigenvalue weighted by Crippen LogP contribution is -2.33. The van der Waals surface area contributed by atoms with Crippen LogP contribution in [-0.4, -0.2) is 18.8 Å². The van der Waals surface area contributed by atoms with Crippen LogP contribution < -0.4 is 19.9 Å². The first-order valence-electron chi connectivity index (χ1n) is 8.20. The Labute approximate surface area is 149 Å². The molecule has 0 unspecified atom stereocenters. The average molecular weight is 350 g/mol. The van der Waals surface area contributed by atoms with Crippen molar-refractivity contribution in [3.05, 3.63) is 53.4 Å². The van der Waals surface area contributed by atoms with Crippen LogP contribution in [0.3, 0.4) is 0 Å². The van der Waals surface area contributed by atoms with Gasteiger partial charge in [-0.05, 0) is 44.2 Å². The second-order valence-corrected chi connectivity index (χ2v) is 6.19. The van der Waals surface area contributed by atoms with Crippen LogP contribution in [0.5, 0.6) is 11.5 Å². The number of benzene rings is 2. The summed E-state index contributed by atoms with van der Waals surface area (Å²) in [6.07, 6.45) is 0. The molecule has 0 bridgehead atoms. The van der Waals surface area contributed by atoms with Gasteiger partial charge in [0.15, 0.2) is 11.5 Å². The van der Waals surface area contributed by atoms with Crippen molar-refractivity contribution in [2.24, 2.45) is 4.99 Å². The van der Waals surface area contributed by atoms with Crippen molar-refractivity contribution in [2.45, 2.75) is 19.9 Å². The standard InChI is InChI=1S/C20H17NO5/c1-11-3-5-16-14(7-11)15(21-12(2)20(22)23)9-18(26-16)13-4-6-17-19(8-13)25-10-24-17/h3-9,12H,10H2,1-2H3,(H,22,23)/p-1/t12-/m1/s1. The van der Waals surface area contributed by atoms with E-state index in [1.165, 1.54) is 6.92 Å². The minimum atomic E-state index is -1.23. The molecular weight excluding hydrogens is 334 g/mol. The Morgan fingerprint density at radius 3 is 2.73 bits per heavy atom. The molecule has 2 aromatic carbocycles. The van der Waals surface area contributed by atoms with Crippen LogP contribution in [-0.2, 0) is 4.79 Å². The largest absolute Gasteiger partial charge is 0.548 e. The number of carbonyl (C=O) groups excluding carboxylic acids is 1. The molecule has 0 aliphatic carbocycles. The third-order valence-electron chi connectivity index (χ3n) is 4.23. The van der Waals surface area contributed by atoms with Gasteiger partial charge < -0.3 is 23.8 Å². The van der Waals surface area contributed by atoms with E-state index in [4.69, 9.17) is 13.9 Å². The van der Waals surface area contributed by atoms with Crippen LogP contribution in [0.15, 0.2) is 51.9 Å². The number of carbonyl (C=O) groups is 1. The number of nitrogens with zero attached hydrogens (tertiary/aromatic N) is 1. The van der Waals surface area contributed by atoms with Crippen molar-refractivity contribution < 1.29 is 23.8 Å². The Morgan fingerprint density at radius 2 is 1.92 bits per heavy atom. The van der Waals surface area contributed by atoms with Gasteiger partial charge in [0.1, 0.15) is 11.3 Å². The summed E-state index contributed by atoms with van der Waals surface area (Å²) in [6, 6.07) is 12.0. The molecule has 1 aliphatic rings. The summed E-state index contributed by atoms with van der Waals surface area (Å²) in [5.41, 5.74) is 2.44. The Hall–Kier alpha value is -3.28. The average Bonchev–Trinajstić information content (AvgIpc) is 3.09.